The van der Waals surface area contributed by atoms with Gasteiger partial charge in [-0.15, -0.1) is 6.61 Å². The van der Waals surface area contributed by atoms with Gasteiger partial charge >= 0.3 is 18.9 Å². The molecule has 0 spiro atoms. The molecule has 0 N–H and O–H groups in total. The maximum absolute atomic E-state index is 10.2. The van der Waals surface area contributed by atoms with Crippen LogP contribution in [0.15, 0.2) is 11.6 Å². The fraction of sp³-hybridized carbons (Fsp3) is 0.800. The van der Waals surface area contributed by atoms with Gasteiger partial charge in [0.05, 0.1) is 0 Å². The molecule has 0 amide bonds. The van der Waals surface area contributed by atoms with Gasteiger partial charge in [0.25, 0.3) is 0 Å². The van der Waals surface area contributed by atoms with Gasteiger partial charge in [-0.3, -0.25) is 0 Å². The Bertz CT molecular complexity index is 117. The van der Waals surface area contributed by atoms with E-state index in [1.807, 2.05) is 0 Å². The van der Waals surface area contributed by atoms with E-state index in [9.17, 15) is 5.11 Å². The second kappa shape index (κ2) is 9.39. The van der Waals surface area contributed by atoms with Crippen molar-refractivity contribution < 1.29 is 24.0 Å². The zero-order chi connectivity index (χ0) is 8.69. The van der Waals surface area contributed by atoms with Crippen LogP contribution in [-0.4, -0.2) is 6.61 Å². The predicted molar refractivity (Wildman–Crippen MR) is 47.3 cm³/mol. The van der Waals surface area contributed by atoms with E-state index < -0.39 is 0 Å². The van der Waals surface area contributed by atoms with Crippen LogP contribution in [0.2, 0.25) is 0 Å². The standard InChI is InChI=1S/C10H19O.Li/c1-9(2)5-4-6-10(3)7-8-11;/h5,10H,4,6-8H2,1-3H3;/q-1;+1. The second-order valence-electron chi connectivity index (χ2n) is 3.46. The Morgan fingerprint density at radius 3 is 2.33 bits per heavy atom. The first-order valence-electron chi connectivity index (χ1n) is 4.38. The fourth-order valence-corrected chi connectivity index (χ4v) is 1.00. The fourth-order valence-electron chi connectivity index (χ4n) is 1.00. The Labute approximate surface area is 88.4 Å². The molecule has 1 nitrogen and oxygen atoms in total. The molecule has 1 unspecified atom stereocenters. The van der Waals surface area contributed by atoms with Gasteiger partial charge in [-0.25, -0.2) is 0 Å². The van der Waals surface area contributed by atoms with Gasteiger partial charge in [0.2, 0.25) is 0 Å². The Balaban J connectivity index is 0. The molecule has 12 heavy (non-hydrogen) atoms. The topological polar surface area (TPSA) is 23.1 Å². The maximum atomic E-state index is 10.2. The SMILES string of the molecule is CC(C)=CCCC(C)CC[O-].[Li+]. The van der Waals surface area contributed by atoms with Crippen molar-refractivity contribution in [3.05, 3.63) is 11.6 Å². The molecule has 1 atom stereocenters. The summed E-state index contributed by atoms with van der Waals surface area (Å²) in [5.74, 6) is 0.600. The maximum Gasteiger partial charge on any atom is 1.00 e. The molecule has 0 rings (SSSR count). The molecule has 0 aromatic heterocycles. The average Bonchev–Trinajstić information content (AvgIpc) is 1.87. The van der Waals surface area contributed by atoms with Crippen LogP contribution in [-0.2, 0) is 0 Å². The van der Waals surface area contributed by atoms with Gasteiger partial charge in [-0.1, -0.05) is 25.0 Å². The summed E-state index contributed by atoms with van der Waals surface area (Å²) < 4.78 is 0. The summed E-state index contributed by atoms with van der Waals surface area (Å²) in [6.45, 7) is 6.45. The predicted octanol–water partition coefficient (Wildman–Crippen LogP) is -0.877. The van der Waals surface area contributed by atoms with Crippen molar-refractivity contribution >= 4 is 0 Å². The van der Waals surface area contributed by atoms with Crippen LogP contribution in [0.4, 0.5) is 0 Å². The van der Waals surface area contributed by atoms with Crippen molar-refractivity contribution in [2.24, 2.45) is 5.92 Å². The molecule has 0 aliphatic rings. The van der Waals surface area contributed by atoms with Gasteiger partial charge in [-0.05, 0) is 32.6 Å². The summed E-state index contributed by atoms with van der Waals surface area (Å²) >= 11 is 0. The van der Waals surface area contributed by atoms with Crippen LogP contribution in [0.3, 0.4) is 0 Å². The Hall–Kier alpha value is 0.297. The Morgan fingerprint density at radius 2 is 1.92 bits per heavy atom. The van der Waals surface area contributed by atoms with E-state index in [1.54, 1.807) is 0 Å². The molecule has 66 valence electrons. The number of rotatable bonds is 5. The molecular weight excluding hydrogens is 143 g/mol. The van der Waals surface area contributed by atoms with Gasteiger partial charge in [0.15, 0.2) is 0 Å². The molecule has 0 aromatic carbocycles. The third-order valence-electron chi connectivity index (χ3n) is 1.82. The van der Waals surface area contributed by atoms with Crippen LogP contribution in [0.1, 0.15) is 40.0 Å². The van der Waals surface area contributed by atoms with Gasteiger partial charge in [-0.2, -0.15) is 0 Å². The molecular formula is C10H19LiO. The van der Waals surface area contributed by atoms with Crippen LogP contribution in [0.25, 0.3) is 0 Å². The van der Waals surface area contributed by atoms with Gasteiger partial charge < -0.3 is 5.11 Å². The van der Waals surface area contributed by atoms with Gasteiger partial charge in [0.1, 0.15) is 0 Å². The van der Waals surface area contributed by atoms with Crippen molar-refractivity contribution in [2.45, 2.75) is 40.0 Å². The third kappa shape index (κ3) is 10.3. The monoisotopic (exact) mass is 162 g/mol. The molecule has 0 heterocycles. The van der Waals surface area contributed by atoms with Crippen LogP contribution < -0.4 is 24.0 Å². The summed E-state index contributed by atoms with van der Waals surface area (Å²) in [4.78, 5) is 0. The summed E-state index contributed by atoms with van der Waals surface area (Å²) in [6, 6.07) is 0. The van der Waals surface area contributed by atoms with E-state index in [1.165, 1.54) is 5.57 Å². The molecule has 2 heteroatoms. The minimum absolute atomic E-state index is 0. The molecule has 0 fully saturated rings. The molecule has 0 aliphatic heterocycles. The molecule has 0 aliphatic carbocycles. The average molecular weight is 162 g/mol. The van der Waals surface area contributed by atoms with Crippen molar-refractivity contribution in [3.8, 4) is 0 Å². The van der Waals surface area contributed by atoms with Crippen LogP contribution in [0.5, 0.6) is 0 Å². The first kappa shape index (κ1) is 14.8. The molecule has 0 radical (unpaired) electrons. The smallest absolute Gasteiger partial charge is 0.854 e. The van der Waals surface area contributed by atoms with Crippen molar-refractivity contribution in [1.82, 2.24) is 0 Å². The van der Waals surface area contributed by atoms with E-state index in [4.69, 9.17) is 0 Å². The van der Waals surface area contributed by atoms with E-state index in [2.05, 4.69) is 26.8 Å². The Morgan fingerprint density at radius 1 is 1.33 bits per heavy atom. The van der Waals surface area contributed by atoms with E-state index >= 15 is 0 Å². The summed E-state index contributed by atoms with van der Waals surface area (Å²) in [7, 11) is 0. The minimum atomic E-state index is 0. The zero-order valence-electron chi connectivity index (χ0n) is 8.89. The second-order valence-corrected chi connectivity index (χ2v) is 3.46. The molecule has 0 bridgehead atoms. The third-order valence-corrected chi connectivity index (χ3v) is 1.82. The van der Waals surface area contributed by atoms with Crippen molar-refractivity contribution in [1.29, 1.82) is 0 Å². The Kier molecular flexibility index (Phi) is 11.6. The summed E-state index contributed by atoms with van der Waals surface area (Å²) in [5, 5.41) is 10.2. The largest absolute Gasteiger partial charge is 1.00 e. The normalized spacial score (nSPS) is 11.7. The molecule has 0 saturated heterocycles. The minimum Gasteiger partial charge on any atom is -0.854 e. The number of hydrogen-bond donors (Lipinski definition) is 0. The van der Waals surface area contributed by atoms with Crippen LogP contribution >= 0.6 is 0 Å². The first-order chi connectivity index (χ1) is 5.16. The first-order valence-corrected chi connectivity index (χ1v) is 4.38. The summed E-state index contributed by atoms with van der Waals surface area (Å²) in [6.07, 6.45) is 5.36. The van der Waals surface area contributed by atoms with Crippen molar-refractivity contribution in [2.75, 3.05) is 6.61 Å². The van der Waals surface area contributed by atoms with E-state index in [0.29, 0.717) is 5.92 Å². The zero-order valence-corrected chi connectivity index (χ0v) is 8.89. The van der Waals surface area contributed by atoms with E-state index in [0.717, 1.165) is 19.3 Å². The quantitative estimate of drug-likeness (QED) is 0.380. The van der Waals surface area contributed by atoms with Crippen LogP contribution in [0, 0.1) is 5.92 Å². The number of hydrogen-bond acceptors (Lipinski definition) is 1. The molecule has 0 aromatic rings. The molecule has 0 saturated carbocycles. The van der Waals surface area contributed by atoms with Crippen molar-refractivity contribution in [3.63, 3.8) is 0 Å². The van der Waals surface area contributed by atoms with Gasteiger partial charge in [0, 0.05) is 0 Å². The summed E-state index contributed by atoms with van der Waals surface area (Å²) in [5.41, 5.74) is 1.37. The van der Waals surface area contributed by atoms with E-state index in [-0.39, 0.29) is 25.5 Å². The number of allylic oxidation sites excluding steroid dienone is 2.